The number of aliphatic hydroxyl groups is 2. The Kier molecular flexibility index (Phi) is 10.3. The summed E-state index contributed by atoms with van der Waals surface area (Å²) < 4.78 is 0. The van der Waals surface area contributed by atoms with E-state index in [1.165, 1.54) is 64.2 Å². The first-order chi connectivity index (χ1) is 14.7. The Hall–Kier alpha value is -0.240. The Morgan fingerprint density at radius 1 is 0.600 bits per heavy atom. The zero-order chi connectivity index (χ0) is 21.1. The molecule has 3 atom stereocenters. The average molecular weight is 429 g/mol. The van der Waals surface area contributed by atoms with Crippen LogP contribution >= 0.6 is 0 Å². The lowest BCUT2D eigenvalue weighted by Gasteiger charge is -2.52. The number of aliphatic hydroxyl groups excluding tert-OH is 1. The fourth-order valence-electron chi connectivity index (χ4n) is 5.01. The lowest BCUT2D eigenvalue weighted by atomic mass is 9.89. The molecule has 6 nitrogen and oxygen atoms in total. The molecule has 1 aliphatic heterocycles. The van der Waals surface area contributed by atoms with Crippen LogP contribution in [0.25, 0.3) is 0 Å². The monoisotopic (exact) mass is 428 g/mol. The van der Waals surface area contributed by atoms with Crippen LogP contribution in [0, 0.1) is 0 Å². The first kappa shape index (κ1) is 24.4. The number of hydrogen-bond acceptors (Lipinski definition) is 6. The van der Waals surface area contributed by atoms with Gasteiger partial charge in [-0.3, -0.25) is 0 Å². The largest absolute Gasteiger partial charge is 0.387 e. The van der Waals surface area contributed by atoms with Crippen molar-refractivity contribution >= 4 is 0 Å². The second-order valence-electron chi connectivity index (χ2n) is 9.71. The average Bonchev–Trinajstić information content (AvgIpc) is 2.73. The summed E-state index contributed by atoms with van der Waals surface area (Å²) in [6, 6.07) is 0. The summed E-state index contributed by atoms with van der Waals surface area (Å²) in [5, 5.41) is 21.8. The number of fused-ring (bicyclic) bond motifs is 1. The molecular formula is C24H44O6. The Morgan fingerprint density at radius 2 is 1.07 bits per heavy atom. The summed E-state index contributed by atoms with van der Waals surface area (Å²) in [5.74, 6) is -3.30. The molecule has 3 rings (SSSR count). The molecule has 30 heavy (non-hydrogen) atoms. The quantitative estimate of drug-likeness (QED) is 0.434. The molecule has 1 heterocycles. The minimum Gasteiger partial charge on any atom is -0.387 e. The summed E-state index contributed by atoms with van der Waals surface area (Å²) in [7, 11) is 0. The van der Waals surface area contributed by atoms with Crippen molar-refractivity contribution in [1.29, 1.82) is 0 Å². The van der Waals surface area contributed by atoms with Crippen molar-refractivity contribution in [2.45, 2.75) is 152 Å². The molecule has 3 fully saturated rings. The molecule has 2 N–H and O–H groups in total. The van der Waals surface area contributed by atoms with Crippen LogP contribution in [-0.2, 0) is 19.6 Å². The van der Waals surface area contributed by atoms with E-state index >= 15 is 0 Å². The third-order valence-corrected chi connectivity index (χ3v) is 7.16. The minimum atomic E-state index is -1.86. The summed E-state index contributed by atoms with van der Waals surface area (Å²) in [6.45, 7) is 0. The molecule has 6 heteroatoms. The van der Waals surface area contributed by atoms with Gasteiger partial charge >= 0.3 is 0 Å². The Bertz CT molecular complexity index is 463. The SMILES string of the molecule is OC1CCCCCCCCCC2(OOC3CCCCCCCCCCC3)OOC12O. The van der Waals surface area contributed by atoms with Crippen molar-refractivity contribution in [3.8, 4) is 0 Å². The third-order valence-electron chi connectivity index (χ3n) is 7.16. The molecule has 0 radical (unpaired) electrons. The first-order valence-corrected chi connectivity index (χ1v) is 12.8. The highest BCUT2D eigenvalue weighted by Gasteiger charge is 2.70. The van der Waals surface area contributed by atoms with Crippen LogP contribution in [-0.4, -0.2) is 34.0 Å². The second kappa shape index (κ2) is 12.7. The van der Waals surface area contributed by atoms with E-state index in [0.29, 0.717) is 12.8 Å². The van der Waals surface area contributed by atoms with Crippen LogP contribution in [0.3, 0.4) is 0 Å². The van der Waals surface area contributed by atoms with Gasteiger partial charge in [-0.2, -0.15) is 14.7 Å². The normalized spacial score (nSPS) is 36.8. The second-order valence-corrected chi connectivity index (χ2v) is 9.71. The summed E-state index contributed by atoms with van der Waals surface area (Å²) in [4.78, 5) is 22.2. The lowest BCUT2D eigenvalue weighted by Crippen LogP contribution is -2.73. The standard InChI is InChI=1S/C24H44O6/c25-22-19-15-11-7-4-8-12-16-20-23(24(22,26)30-29-23)28-27-21-17-13-9-5-2-1-3-6-10-14-18-21/h21-22,25-26H,1-20H2. The highest BCUT2D eigenvalue weighted by molar-refractivity contribution is 4.96. The minimum absolute atomic E-state index is 0.00854. The van der Waals surface area contributed by atoms with Crippen LogP contribution in [0.15, 0.2) is 0 Å². The van der Waals surface area contributed by atoms with Crippen molar-refractivity contribution in [3.63, 3.8) is 0 Å². The van der Waals surface area contributed by atoms with Gasteiger partial charge in [-0.05, 0) is 25.7 Å². The predicted octanol–water partition coefficient (Wildman–Crippen LogP) is 5.84. The fraction of sp³-hybridized carbons (Fsp3) is 1.00. The van der Waals surface area contributed by atoms with Crippen molar-refractivity contribution < 1.29 is 29.8 Å². The third kappa shape index (κ3) is 6.63. The topological polar surface area (TPSA) is 77.4 Å². The van der Waals surface area contributed by atoms with E-state index in [-0.39, 0.29) is 6.10 Å². The predicted molar refractivity (Wildman–Crippen MR) is 114 cm³/mol. The molecule has 0 aromatic heterocycles. The highest BCUT2D eigenvalue weighted by Crippen LogP contribution is 2.47. The van der Waals surface area contributed by atoms with E-state index in [9.17, 15) is 10.2 Å². The van der Waals surface area contributed by atoms with Gasteiger partial charge in [0, 0.05) is 6.42 Å². The van der Waals surface area contributed by atoms with Crippen LogP contribution < -0.4 is 0 Å². The van der Waals surface area contributed by atoms with Crippen molar-refractivity contribution in [1.82, 2.24) is 0 Å². The Labute approximate surface area is 182 Å². The molecule has 2 saturated carbocycles. The zero-order valence-electron chi connectivity index (χ0n) is 18.8. The Morgan fingerprint density at radius 3 is 1.57 bits per heavy atom. The van der Waals surface area contributed by atoms with Crippen LogP contribution in [0.4, 0.5) is 0 Å². The zero-order valence-corrected chi connectivity index (χ0v) is 18.8. The van der Waals surface area contributed by atoms with E-state index < -0.39 is 17.7 Å². The smallest absolute Gasteiger partial charge is 0.292 e. The maximum Gasteiger partial charge on any atom is 0.292 e. The summed E-state index contributed by atoms with van der Waals surface area (Å²) >= 11 is 0. The van der Waals surface area contributed by atoms with Gasteiger partial charge in [0.05, 0.1) is 6.10 Å². The maximum absolute atomic E-state index is 11.1. The van der Waals surface area contributed by atoms with Gasteiger partial charge in [-0.15, -0.1) is 0 Å². The van der Waals surface area contributed by atoms with E-state index in [1.807, 2.05) is 0 Å². The molecule has 3 unspecified atom stereocenters. The molecule has 0 aromatic carbocycles. The van der Waals surface area contributed by atoms with Gasteiger partial charge in [-0.25, -0.2) is 4.89 Å². The van der Waals surface area contributed by atoms with Gasteiger partial charge < -0.3 is 10.2 Å². The summed E-state index contributed by atoms with van der Waals surface area (Å²) in [6.07, 6.45) is 20.5. The fourth-order valence-corrected chi connectivity index (χ4v) is 5.01. The van der Waals surface area contributed by atoms with Crippen LogP contribution in [0.1, 0.15) is 128 Å². The molecule has 0 aromatic rings. The van der Waals surface area contributed by atoms with Gasteiger partial charge in [-0.1, -0.05) is 96.3 Å². The van der Waals surface area contributed by atoms with Crippen molar-refractivity contribution in [2.75, 3.05) is 0 Å². The molecule has 0 bridgehead atoms. The van der Waals surface area contributed by atoms with Gasteiger partial charge in [0.2, 0.25) is 0 Å². The molecule has 0 amide bonds. The van der Waals surface area contributed by atoms with Crippen molar-refractivity contribution in [2.24, 2.45) is 0 Å². The molecule has 0 spiro atoms. The van der Waals surface area contributed by atoms with Gasteiger partial charge in [0.15, 0.2) is 0 Å². The van der Waals surface area contributed by atoms with E-state index in [1.54, 1.807) is 0 Å². The number of rotatable bonds is 3. The van der Waals surface area contributed by atoms with Crippen LogP contribution in [0.5, 0.6) is 0 Å². The van der Waals surface area contributed by atoms with Crippen LogP contribution in [0.2, 0.25) is 0 Å². The molecule has 3 aliphatic rings. The van der Waals surface area contributed by atoms with E-state index in [4.69, 9.17) is 19.6 Å². The molecule has 1 saturated heterocycles. The lowest BCUT2D eigenvalue weighted by molar-refractivity contribution is -0.704. The molecular weight excluding hydrogens is 384 g/mol. The summed E-state index contributed by atoms with van der Waals surface area (Å²) in [5.41, 5.74) is 0. The molecule has 2 aliphatic carbocycles. The highest BCUT2D eigenvalue weighted by atomic mass is 17.4. The first-order valence-electron chi connectivity index (χ1n) is 12.8. The molecule has 176 valence electrons. The number of hydrogen-bond donors (Lipinski definition) is 2. The van der Waals surface area contributed by atoms with E-state index in [2.05, 4.69) is 0 Å². The van der Waals surface area contributed by atoms with Crippen molar-refractivity contribution in [3.05, 3.63) is 0 Å². The maximum atomic E-state index is 11.1. The Balaban J connectivity index is 1.59. The van der Waals surface area contributed by atoms with Gasteiger partial charge in [0.1, 0.15) is 6.10 Å². The van der Waals surface area contributed by atoms with E-state index in [0.717, 1.165) is 51.4 Å². The van der Waals surface area contributed by atoms with Gasteiger partial charge in [0.25, 0.3) is 11.6 Å².